The number of piperazine rings is 1. The molecular weight excluding hydrogens is 388 g/mol. The first-order valence-corrected chi connectivity index (χ1v) is 11.1. The summed E-state index contributed by atoms with van der Waals surface area (Å²) in [5, 5.41) is 4.07. The van der Waals surface area contributed by atoms with Crippen LogP contribution in [0.25, 0.3) is 6.08 Å². The highest BCUT2D eigenvalue weighted by Gasteiger charge is 2.32. The SMILES string of the molecule is Cc1cc(C)c(C)c(S(=O)(=O)N2CCN(C(=O)/C=C/c3cnn(C)c3)CC2)c1C. The molecule has 1 amide bonds. The molecule has 8 heteroatoms. The molecule has 0 unspecified atom stereocenters. The zero-order chi connectivity index (χ0) is 21.3. The molecule has 1 aromatic heterocycles. The number of amides is 1. The molecule has 7 nitrogen and oxygen atoms in total. The van der Waals surface area contributed by atoms with Gasteiger partial charge in [0.25, 0.3) is 0 Å². The second-order valence-electron chi connectivity index (χ2n) is 7.60. The van der Waals surface area contributed by atoms with Gasteiger partial charge in [0.2, 0.25) is 15.9 Å². The first-order chi connectivity index (χ1) is 13.6. The minimum Gasteiger partial charge on any atom is -0.337 e. The van der Waals surface area contributed by atoms with Gasteiger partial charge < -0.3 is 4.90 Å². The summed E-state index contributed by atoms with van der Waals surface area (Å²) < 4.78 is 29.8. The average molecular weight is 417 g/mol. The van der Waals surface area contributed by atoms with Crippen molar-refractivity contribution in [2.24, 2.45) is 7.05 Å². The van der Waals surface area contributed by atoms with E-state index in [-0.39, 0.29) is 5.91 Å². The second-order valence-corrected chi connectivity index (χ2v) is 9.47. The summed E-state index contributed by atoms with van der Waals surface area (Å²) in [4.78, 5) is 14.5. The van der Waals surface area contributed by atoms with Gasteiger partial charge in [0.1, 0.15) is 0 Å². The molecule has 0 atom stereocenters. The Kier molecular flexibility index (Phi) is 5.95. The molecule has 0 aliphatic carbocycles. The lowest BCUT2D eigenvalue weighted by atomic mass is 10.0. The molecule has 1 aliphatic heterocycles. The first-order valence-electron chi connectivity index (χ1n) is 9.64. The summed E-state index contributed by atoms with van der Waals surface area (Å²) in [5.41, 5.74) is 4.39. The third kappa shape index (κ3) is 4.28. The monoisotopic (exact) mass is 416 g/mol. The molecule has 0 saturated carbocycles. The normalized spacial score (nSPS) is 16.0. The minimum atomic E-state index is -3.60. The van der Waals surface area contributed by atoms with Crippen molar-refractivity contribution >= 4 is 22.0 Å². The molecule has 1 fully saturated rings. The summed E-state index contributed by atoms with van der Waals surface area (Å²) in [7, 11) is -1.79. The topological polar surface area (TPSA) is 75.5 Å². The van der Waals surface area contributed by atoms with Crippen LogP contribution in [0.2, 0.25) is 0 Å². The van der Waals surface area contributed by atoms with Crippen molar-refractivity contribution in [2.75, 3.05) is 26.2 Å². The Morgan fingerprint density at radius 3 is 2.14 bits per heavy atom. The number of rotatable bonds is 4. The van der Waals surface area contributed by atoms with Crippen molar-refractivity contribution < 1.29 is 13.2 Å². The van der Waals surface area contributed by atoms with Gasteiger partial charge >= 0.3 is 0 Å². The lowest BCUT2D eigenvalue weighted by Crippen LogP contribution is -2.50. The minimum absolute atomic E-state index is 0.121. The Bertz CT molecular complexity index is 1040. The summed E-state index contributed by atoms with van der Waals surface area (Å²) in [5.74, 6) is -0.121. The van der Waals surface area contributed by atoms with Crippen molar-refractivity contribution in [3.8, 4) is 0 Å². The first kappa shape index (κ1) is 21.3. The average Bonchev–Trinajstić information content (AvgIpc) is 3.10. The van der Waals surface area contributed by atoms with E-state index in [0.717, 1.165) is 27.8 Å². The van der Waals surface area contributed by atoms with E-state index >= 15 is 0 Å². The van der Waals surface area contributed by atoms with Crippen LogP contribution in [0.1, 0.15) is 27.8 Å². The van der Waals surface area contributed by atoms with Crippen LogP contribution in [0.15, 0.2) is 29.4 Å². The molecule has 0 spiro atoms. The Labute approximate surface area is 172 Å². The van der Waals surface area contributed by atoms with Crippen molar-refractivity contribution in [3.63, 3.8) is 0 Å². The molecule has 2 heterocycles. The van der Waals surface area contributed by atoms with Crippen LogP contribution in [0.3, 0.4) is 0 Å². The van der Waals surface area contributed by atoms with Crippen LogP contribution < -0.4 is 0 Å². The van der Waals surface area contributed by atoms with Gasteiger partial charge in [-0.2, -0.15) is 9.40 Å². The van der Waals surface area contributed by atoms with Gasteiger partial charge in [-0.25, -0.2) is 8.42 Å². The fraction of sp³-hybridized carbons (Fsp3) is 0.429. The molecule has 1 aliphatic rings. The molecule has 0 radical (unpaired) electrons. The van der Waals surface area contributed by atoms with Crippen LogP contribution in [-0.2, 0) is 21.9 Å². The maximum atomic E-state index is 13.3. The predicted molar refractivity (Wildman–Crippen MR) is 113 cm³/mol. The van der Waals surface area contributed by atoms with Gasteiger partial charge in [0, 0.05) is 51.1 Å². The fourth-order valence-corrected chi connectivity index (χ4v) is 5.64. The number of nitrogens with zero attached hydrogens (tertiary/aromatic N) is 4. The number of aryl methyl sites for hydroxylation is 3. The zero-order valence-electron chi connectivity index (χ0n) is 17.6. The van der Waals surface area contributed by atoms with Crippen LogP contribution in [-0.4, -0.2) is 59.5 Å². The van der Waals surface area contributed by atoms with E-state index < -0.39 is 10.0 Å². The number of sulfonamides is 1. The number of hydrogen-bond acceptors (Lipinski definition) is 4. The highest BCUT2D eigenvalue weighted by atomic mass is 32.2. The largest absolute Gasteiger partial charge is 0.337 e. The van der Waals surface area contributed by atoms with Gasteiger partial charge in [-0.15, -0.1) is 0 Å². The lowest BCUT2D eigenvalue weighted by molar-refractivity contribution is -0.127. The van der Waals surface area contributed by atoms with Gasteiger partial charge in [-0.05, 0) is 56.0 Å². The zero-order valence-corrected chi connectivity index (χ0v) is 18.5. The van der Waals surface area contributed by atoms with Gasteiger partial charge in [0.15, 0.2) is 0 Å². The molecular formula is C21H28N4O3S. The molecule has 156 valence electrons. The summed E-state index contributed by atoms with van der Waals surface area (Å²) in [6, 6.07) is 2.02. The van der Waals surface area contributed by atoms with E-state index in [4.69, 9.17) is 0 Å². The highest BCUT2D eigenvalue weighted by molar-refractivity contribution is 7.89. The van der Waals surface area contributed by atoms with Gasteiger partial charge in [0.05, 0.1) is 11.1 Å². The highest BCUT2D eigenvalue weighted by Crippen LogP contribution is 2.29. The van der Waals surface area contributed by atoms with Crippen LogP contribution in [0.5, 0.6) is 0 Å². The predicted octanol–water partition coefficient (Wildman–Crippen LogP) is 2.20. The lowest BCUT2D eigenvalue weighted by Gasteiger charge is -2.34. The molecule has 1 saturated heterocycles. The van der Waals surface area contributed by atoms with Crippen molar-refractivity contribution in [3.05, 3.63) is 52.4 Å². The van der Waals surface area contributed by atoms with E-state index in [2.05, 4.69) is 5.10 Å². The number of carbonyl (C=O) groups is 1. The third-order valence-corrected chi connectivity index (χ3v) is 7.76. The molecule has 0 N–H and O–H groups in total. The molecule has 3 rings (SSSR count). The Balaban J connectivity index is 1.72. The number of hydrogen-bond donors (Lipinski definition) is 0. The molecule has 0 bridgehead atoms. The maximum Gasteiger partial charge on any atom is 0.246 e. The van der Waals surface area contributed by atoms with E-state index in [9.17, 15) is 13.2 Å². The van der Waals surface area contributed by atoms with Gasteiger partial charge in [-0.1, -0.05) is 6.07 Å². The van der Waals surface area contributed by atoms with Gasteiger partial charge in [-0.3, -0.25) is 9.48 Å². The van der Waals surface area contributed by atoms with Crippen LogP contribution in [0.4, 0.5) is 0 Å². The number of aromatic nitrogens is 2. The Hall–Kier alpha value is -2.45. The van der Waals surface area contributed by atoms with E-state index in [1.165, 1.54) is 10.4 Å². The van der Waals surface area contributed by atoms with E-state index in [0.29, 0.717) is 31.1 Å². The maximum absolute atomic E-state index is 13.3. The molecule has 2 aromatic rings. The number of carbonyl (C=O) groups excluding carboxylic acids is 1. The van der Waals surface area contributed by atoms with E-state index in [1.54, 1.807) is 21.9 Å². The summed E-state index contributed by atoms with van der Waals surface area (Å²) >= 11 is 0. The quantitative estimate of drug-likeness (QED) is 0.716. The molecule has 1 aromatic carbocycles. The third-order valence-electron chi connectivity index (χ3n) is 5.59. The standard InChI is InChI=1S/C21H28N4O3S/c1-15-12-16(2)18(4)21(17(15)3)29(27,28)25-10-8-24(9-11-25)20(26)7-6-19-13-22-23(5)14-19/h6-7,12-14H,8-11H2,1-5H3/b7-6+. The Morgan fingerprint density at radius 2 is 1.62 bits per heavy atom. The number of benzene rings is 1. The van der Waals surface area contributed by atoms with Crippen molar-refractivity contribution in [1.82, 2.24) is 19.0 Å². The fourth-order valence-electron chi connectivity index (χ4n) is 3.64. The summed E-state index contributed by atoms with van der Waals surface area (Å²) in [6.07, 6.45) is 6.74. The molecule has 29 heavy (non-hydrogen) atoms. The Morgan fingerprint density at radius 1 is 1.03 bits per heavy atom. The smallest absolute Gasteiger partial charge is 0.246 e. The van der Waals surface area contributed by atoms with Crippen molar-refractivity contribution in [1.29, 1.82) is 0 Å². The van der Waals surface area contributed by atoms with Crippen LogP contribution in [0, 0.1) is 27.7 Å². The van der Waals surface area contributed by atoms with E-state index in [1.807, 2.05) is 47.0 Å². The summed E-state index contributed by atoms with van der Waals surface area (Å²) in [6.45, 7) is 8.92. The van der Waals surface area contributed by atoms with Crippen molar-refractivity contribution in [2.45, 2.75) is 32.6 Å². The van der Waals surface area contributed by atoms with Crippen LogP contribution >= 0.6 is 0 Å². The second kappa shape index (κ2) is 8.12.